The van der Waals surface area contributed by atoms with Gasteiger partial charge in [-0.3, -0.25) is 19.0 Å². The third-order valence-corrected chi connectivity index (χ3v) is 6.30. The van der Waals surface area contributed by atoms with E-state index in [1.807, 2.05) is 0 Å². The van der Waals surface area contributed by atoms with Gasteiger partial charge < -0.3 is 14.7 Å². The minimum atomic E-state index is -4.16. The Balaban J connectivity index is 1.81. The van der Waals surface area contributed by atoms with Crippen molar-refractivity contribution in [3.63, 3.8) is 0 Å². The molecule has 0 bridgehead atoms. The maximum absolute atomic E-state index is 12.4. The molecule has 1 fully saturated rings. The van der Waals surface area contributed by atoms with E-state index in [-0.39, 0.29) is 10.9 Å². The zero-order valence-electron chi connectivity index (χ0n) is 16.2. The summed E-state index contributed by atoms with van der Waals surface area (Å²) >= 11 is 6.09. The van der Waals surface area contributed by atoms with Gasteiger partial charge in [0.1, 0.15) is 10.9 Å². The number of nitrogens with zero attached hydrogens (tertiary/aromatic N) is 2. The van der Waals surface area contributed by atoms with Gasteiger partial charge in [0.15, 0.2) is 5.75 Å². The van der Waals surface area contributed by atoms with Crippen molar-refractivity contribution < 1.29 is 32.4 Å². The van der Waals surface area contributed by atoms with Crippen molar-refractivity contribution in [2.24, 2.45) is 0 Å². The minimum Gasteiger partial charge on any atom is -0.480 e. The predicted octanol–water partition coefficient (Wildman–Crippen LogP) is 2.39. The Kier molecular flexibility index (Phi) is 6.84. The highest BCUT2D eigenvalue weighted by Crippen LogP contribution is 2.38. The van der Waals surface area contributed by atoms with Crippen LogP contribution in [-0.2, 0) is 19.7 Å². The van der Waals surface area contributed by atoms with Gasteiger partial charge in [0.25, 0.3) is 16.0 Å². The topological polar surface area (TPSA) is 124 Å². The lowest BCUT2D eigenvalue weighted by Crippen LogP contribution is -2.33. The van der Waals surface area contributed by atoms with Crippen LogP contribution in [0, 0.1) is 0 Å². The molecule has 31 heavy (non-hydrogen) atoms. The number of allylic oxidation sites excluding steroid dienone is 4. The molecule has 1 aromatic carbocycles. The van der Waals surface area contributed by atoms with Gasteiger partial charge in [0.05, 0.1) is 16.3 Å². The third-order valence-electron chi connectivity index (χ3n) is 4.22. The van der Waals surface area contributed by atoms with E-state index in [2.05, 4.69) is 0 Å². The quantitative estimate of drug-likeness (QED) is 0.340. The summed E-state index contributed by atoms with van der Waals surface area (Å²) in [7, 11) is -4.16. The first-order chi connectivity index (χ1) is 14.5. The molecule has 0 aromatic heterocycles. The highest BCUT2D eigenvalue weighted by Gasteiger charge is 2.33. The van der Waals surface area contributed by atoms with Crippen molar-refractivity contribution in [2.45, 2.75) is 6.92 Å². The molecule has 2 aliphatic rings. The van der Waals surface area contributed by atoms with Crippen LogP contribution in [0.5, 0.6) is 5.75 Å². The minimum absolute atomic E-state index is 0.0115. The number of hydrogen-bond acceptors (Lipinski definition) is 8. The molecule has 9 nitrogen and oxygen atoms in total. The molecule has 0 saturated carbocycles. The van der Waals surface area contributed by atoms with E-state index >= 15 is 0 Å². The van der Waals surface area contributed by atoms with Crippen molar-refractivity contribution in [1.29, 1.82) is 0 Å². The molecular formula is C19H18N2O7S3. The van der Waals surface area contributed by atoms with Gasteiger partial charge in [0, 0.05) is 6.54 Å². The number of carbonyl (C=O) groups is 2. The number of thiocarbonyl (C=S) groups is 1. The summed E-state index contributed by atoms with van der Waals surface area (Å²) in [6.07, 6.45) is 4.88. The summed E-state index contributed by atoms with van der Waals surface area (Å²) in [6, 6.07) is 7.07. The Bertz CT molecular complexity index is 1140. The van der Waals surface area contributed by atoms with Crippen LogP contribution in [0.3, 0.4) is 0 Å². The number of anilines is 1. The van der Waals surface area contributed by atoms with Crippen molar-refractivity contribution in [3.05, 3.63) is 58.9 Å². The molecule has 0 radical (unpaired) electrons. The summed E-state index contributed by atoms with van der Waals surface area (Å²) in [5, 5.41) is 8.90. The van der Waals surface area contributed by atoms with E-state index in [1.54, 1.807) is 54.3 Å². The zero-order chi connectivity index (χ0) is 22.8. The lowest BCUT2D eigenvalue weighted by molar-refractivity contribution is -0.140. The molecule has 1 amide bonds. The molecule has 0 atom stereocenters. The van der Waals surface area contributed by atoms with E-state index in [4.69, 9.17) is 26.6 Å². The second kappa shape index (κ2) is 9.22. The van der Waals surface area contributed by atoms with Gasteiger partial charge in [-0.25, -0.2) is 0 Å². The Hall–Kier alpha value is -2.67. The normalized spacial score (nSPS) is 19.4. The van der Waals surface area contributed by atoms with Crippen LogP contribution >= 0.6 is 24.0 Å². The number of carboxylic acids is 1. The van der Waals surface area contributed by atoms with Gasteiger partial charge in [-0.1, -0.05) is 42.2 Å². The summed E-state index contributed by atoms with van der Waals surface area (Å²) in [4.78, 5) is 26.2. The van der Waals surface area contributed by atoms with Crippen LogP contribution < -0.4 is 9.64 Å². The smallest absolute Gasteiger partial charge is 0.323 e. The zero-order valence-corrected chi connectivity index (χ0v) is 18.7. The average molecular weight is 483 g/mol. The van der Waals surface area contributed by atoms with Gasteiger partial charge in [-0.15, -0.1) is 0 Å². The van der Waals surface area contributed by atoms with E-state index in [0.29, 0.717) is 27.8 Å². The highest BCUT2D eigenvalue weighted by atomic mass is 32.2. The Labute approximate surface area is 188 Å². The van der Waals surface area contributed by atoms with Crippen LogP contribution in [-0.4, -0.2) is 58.0 Å². The Morgan fingerprint density at radius 3 is 2.68 bits per heavy atom. The summed E-state index contributed by atoms with van der Waals surface area (Å²) in [6.45, 7) is 1.23. The van der Waals surface area contributed by atoms with Crippen LogP contribution in [0.2, 0.25) is 0 Å². The SMILES string of the molecule is CC(=CC=C1Oc2ccccc2N1CCS(=O)(=O)O)C=C1SC(=S)N(CC(=O)O)C1=O. The maximum Gasteiger partial charge on any atom is 0.323 e. The number of benzene rings is 1. The fraction of sp³-hybridized carbons (Fsp3) is 0.211. The molecule has 0 aliphatic carbocycles. The molecule has 164 valence electrons. The summed E-state index contributed by atoms with van der Waals surface area (Å²) < 4.78 is 37.4. The molecule has 2 heterocycles. The van der Waals surface area contributed by atoms with E-state index in [1.165, 1.54) is 0 Å². The fourth-order valence-corrected chi connectivity index (χ4v) is 4.56. The number of thioether (sulfide) groups is 1. The van der Waals surface area contributed by atoms with Crippen molar-refractivity contribution in [2.75, 3.05) is 23.7 Å². The first kappa shape index (κ1) is 23.0. The Morgan fingerprint density at radius 1 is 1.29 bits per heavy atom. The standard InChI is InChI=1S/C19H18N2O7S3/c1-12(10-15-18(24)21(11-17(22)23)19(29)30-15)6-7-16-20(8-9-31(25,26)27)13-4-2-3-5-14(13)28-16/h2-7,10H,8-9,11H2,1H3,(H,22,23)(H,25,26,27). The van der Waals surface area contributed by atoms with Gasteiger partial charge >= 0.3 is 5.97 Å². The summed E-state index contributed by atoms with van der Waals surface area (Å²) in [5.74, 6) is -1.20. The number of fused-ring (bicyclic) bond motifs is 1. The lowest BCUT2D eigenvalue weighted by Gasteiger charge is -2.17. The molecule has 2 N–H and O–H groups in total. The van der Waals surface area contributed by atoms with Crippen LogP contribution in [0.1, 0.15) is 6.92 Å². The molecule has 3 rings (SSSR count). The number of aliphatic carboxylic acids is 1. The lowest BCUT2D eigenvalue weighted by atomic mass is 10.2. The molecule has 2 aliphatic heterocycles. The molecule has 12 heteroatoms. The van der Waals surface area contributed by atoms with Crippen LogP contribution in [0.25, 0.3) is 0 Å². The number of rotatable bonds is 7. The Morgan fingerprint density at radius 2 is 2.00 bits per heavy atom. The van der Waals surface area contributed by atoms with Crippen molar-refractivity contribution in [1.82, 2.24) is 4.90 Å². The van der Waals surface area contributed by atoms with Gasteiger partial charge in [-0.2, -0.15) is 8.42 Å². The molecule has 1 saturated heterocycles. The predicted molar refractivity (Wildman–Crippen MR) is 120 cm³/mol. The van der Waals surface area contributed by atoms with Crippen LogP contribution in [0.15, 0.2) is 58.9 Å². The number of amides is 1. The number of para-hydroxylation sites is 2. The molecule has 0 spiro atoms. The van der Waals surface area contributed by atoms with E-state index in [0.717, 1.165) is 16.7 Å². The number of hydrogen-bond donors (Lipinski definition) is 2. The number of carboxylic acid groups (broad SMARTS) is 1. The monoisotopic (exact) mass is 482 g/mol. The third kappa shape index (κ3) is 5.73. The molecule has 0 unspecified atom stereocenters. The largest absolute Gasteiger partial charge is 0.480 e. The van der Waals surface area contributed by atoms with Gasteiger partial charge in [0.2, 0.25) is 5.88 Å². The van der Waals surface area contributed by atoms with E-state index < -0.39 is 34.3 Å². The number of carbonyl (C=O) groups excluding carboxylic acids is 1. The first-order valence-corrected chi connectivity index (χ1v) is 11.7. The van der Waals surface area contributed by atoms with Crippen molar-refractivity contribution >= 4 is 56.0 Å². The molecule has 1 aromatic rings. The van der Waals surface area contributed by atoms with E-state index in [9.17, 15) is 18.0 Å². The maximum atomic E-state index is 12.4. The second-order valence-corrected chi connectivity index (χ2v) is 9.83. The van der Waals surface area contributed by atoms with Crippen molar-refractivity contribution in [3.8, 4) is 5.75 Å². The number of ether oxygens (including phenoxy) is 1. The summed E-state index contributed by atoms with van der Waals surface area (Å²) in [5.41, 5.74) is 1.33. The first-order valence-electron chi connectivity index (χ1n) is 8.90. The average Bonchev–Trinajstić information content (AvgIpc) is 3.16. The fourth-order valence-electron chi connectivity index (χ4n) is 2.84. The second-order valence-electron chi connectivity index (χ2n) is 6.58. The van der Waals surface area contributed by atoms with Crippen LogP contribution in [0.4, 0.5) is 5.69 Å². The highest BCUT2D eigenvalue weighted by molar-refractivity contribution is 8.26. The molecular weight excluding hydrogens is 464 g/mol. The van der Waals surface area contributed by atoms with Gasteiger partial charge in [-0.05, 0) is 36.8 Å².